The minimum atomic E-state index is 0.0980. The molecule has 17 heavy (non-hydrogen) atoms. The smallest absolute Gasteiger partial charge is 0.131 e. The van der Waals surface area contributed by atoms with E-state index < -0.39 is 0 Å². The molecule has 0 saturated carbocycles. The van der Waals surface area contributed by atoms with Crippen molar-refractivity contribution in [2.45, 2.75) is 0 Å². The fourth-order valence-corrected chi connectivity index (χ4v) is 1.57. The minimum Gasteiger partial charge on any atom is -0.317 e. The van der Waals surface area contributed by atoms with Gasteiger partial charge < -0.3 is 4.57 Å². The van der Waals surface area contributed by atoms with E-state index in [0.29, 0.717) is 0 Å². The molecule has 0 saturated heterocycles. The van der Waals surface area contributed by atoms with Crippen LogP contribution >= 0.6 is 0 Å². The summed E-state index contributed by atoms with van der Waals surface area (Å²) in [7, 11) is 0. The summed E-state index contributed by atoms with van der Waals surface area (Å²) in [5, 5.41) is 17.5. The number of para-hydroxylation sites is 1. The lowest BCUT2D eigenvalue weighted by Crippen LogP contribution is -1.94. The van der Waals surface area contributed by atoms with Crippen LogP contribution in [0.3, 0.4) is 0 Å². The van der Waals surface area contributed by atoms with E-state index in [0.717, 1.165) is 11.4 Å². The molecule has 0 aliphatic rings. The number of nitrogens with zero attached hydrogens (tertiary/aromatic N) is 3. The Hall–Kier alpha value is -2.78. The Morgan fingerprint density at radius 3 is 2.35 bits per heavy atom. The molecule has 80 valence electrons. The zero-order valence-corrected chi connectivity index (χ0v) is 9.04. The summed E-state index contributed by atoms with van der Waals surface area (Å²) in [5.41, 5.74) is 1.91. The van der Waals surface area contributed by atoms with E-state index in [1.165, 1.54) is 0 Å². The number of benzene rings is 1. The van der Waals surface area contributed by atoms with Gasteiger partial charge in [0.05, 0.1) is 0 Å². The Balaban J connectivity index is 2.48. The van der Waals surface area contributed by atoms with E-state index in [4.69, 9.17) is 10.5 Å². The molecule has 0 N–H and O–H groups in total. The van der Waals surface area contributed by atoms with E-state index in [2.05, 4.69) is 0 Å². The van der Waals surface area contributed by atoms with Gasteiger partial charge in [0.25, 0.3) is 0 Å². The number of nitriles is 2. The molecule has 1 heterocycles. The van der Waals surface area contributed by atoms with Gasteiger partial charge in [0.1, 0.15) is 17.7 Å². The molecule has 2 aromatic rings. The van der Waals surface area contributed by atoms with Gasteiger partial charge in [-0.15, -0.1) is 0 Å². The number of hydrogen-bond acceptors (Lipinski definition) is 2. The fourth-order valence-electron chi connectivity index (χ4n) is 1.57. The molecule has 1 aromatic heterocycles. The van der Waals surface area contributed by atoms with Gasteiger partial charge in [0.2, 0.25) is 0 Å². The first-order valence-corrected chi connectivity index (χ1v) is 5.10. The SMILES string of the molecule is N#CC(C#N)=Cc1cccn1-c1ccccc1. The summed E-state index contributed by atoms with van der Waals surface area (Å²) >= 11 is 0. The molecule has 0 aliphatic heterocycles. The van der Waals surface area contributed by atoms with E-state index in [1.807, 2.05) is 65.4 Å². The highest BCUT2D eigenvalue weighted by Gasteiger charge is 2.01. The van der Waals surface area contributed by atoms with E-state index in [-0.39, 0.29) is 5.57 Å². The van der Waals surface area contributed by atoms with Crippen molar-refractivity contribution in [2.24, 2.45) is 0 Å². The third-order valence-corrected chi connectivity index (χ3v) is 2.35. The second-order valence-corrected chi connectivity index (χ2v) is 3.42. The summed E-state index contributed by atoms with van der Waals surface area (Å²) in [6, 6.07) is 17.2. The maximum atomic E-state index is 8.74. The number of allylic oxidation sites excluding steroid dienone is 1. The van der Waals surface area contributed by atoms with Crippen molar-refractivity contribution in [1.29, 1.82) is 10.5 Å². The Morgan fingerprint density at radius 2 is 1.71 bits per heavy atom. The van der Waals surface area contributed by atoms with Crippen LogP contribution in [-0.4, -0.2) is 4.57 Å². The quantitative estimate of drug-likeness (QED) is 0.729. The van der Waals surface area contributed by atoms with E-state index in [9.17, 15) is 0 Å². The van der Waals surface area contributed by atoms with Crippen LogP contribution in [0.25, 0.3) is 11.8 Å². The van der Waals surface area contributed by atoms with Gasteiger partial charge in [-0.25, -0.2) is 0 Å². The van der Waals surface area contributed by atoms with Crippen molar-refractivity contribution >= 4 is 6.08 Å². The van der Waals surface area contributed by atoms with Crippen molar-refractivity contribution in [3.63, 3.8) is 0 Å². The molecule has 0 spiro atoms. The third kappa shape index (κ3) is 2.25. The van der Waals surface area contributed by atoms with Crippen molar-refractivity contribution in [2.75, 3.05) is 0 Å². The van der Waals surface area contributed by atoms with Crippen LogP contribution < -0.4 is 0 Å². The van der Waals surface area contributed by atoms with Crippen molar-refractivity contribution < 1.29 is 0 Å². The highest BCUT2D eigenvalue weighted by molar-refractivity contribution is 5.61. The lowest BCUT2D eigenvalue weighted by atomic mass is 10.2. The molecule has 0 amide bonds. The van der Waals surface area contributed by atoms with Crippen LogP contribution in [0.4, 0.5) is 0 Å². The Kier molecular flexibility index (Phi) is 3.05. The summed E-state index contributed by atoms with van der Waals surface area (Å²) < 4.78 is 1.93. The first kappa shape index (κ1) is 10.7. The monoisotopic (exact) mass is 219 g/mol. The molecule has 2 rings (SSSR count). The van der Waals surface area contributed by atoms with E-state index >= 15 is 0 Å². The van der Waals surface area contributed by atoms with Gasteiger partial charge in [0, 0.05) is 17.6 Å². The summed E-state index contributed by atoms with van der Waals surface area (Å²) in [6.07, 6.45) is 3.47. The fraction of sp³-hybridized carbons (Fsp3) is 0. The number of aromatic nitrogens is 1. The average molecular weight is 219 g/mol. The molecule has 0 radical (unpaired) electrons. The van der Waals surface area contributed by atoms with Crippen LogP contribution in [0.15, 0.2) is 54.2 Å². The van der Waals surface area contributed by atoms with Gasteiger partial charge in [-0.1, -0.05) is 18.2 Å². The van der Waals surface area contributed by atoms with Gasteiger partial charge in [-0.3, -0.25) is 0 Å². The molecule has 3 nitrogen and oxygen atoms in total. The molecular weight excluding hydrogens is 210 g/mol. The molecule has 3 heteroatoms. The van der Waals surface area contributed by atoms with Crippen molar-refractivity contribution in [3.05, 3.63) is 59.9 Å². The first-order valence-electron chi connectivity index (χ1n) is 5.10. The highest BCUT2D eigenvalue weighted by Crippen LogP contribution is 2.14. The van der Waals surface area contributed by atoms with Gasteiger partial charge in [0.15, 0.2) is 0 Å². The van der Waals surface area contributed by atoms with Crippen LogP contribution in [-0.2, 0) is 0 Å². The molecule has 0 unspecified atom stereocenters. The molecule has 1 aromatic carbocycles. The highest BCUT2D eigenvalue weighted by atomic mass is 15.0. The predicted octanol–water partition coefficient (Wildman–Crippen LogP) is 2.91. The lowest BCUT2D eigenvalue weighted by molar-refractivity contribution is 1.06. The largest absolute Gasteiger partial charge is 0.317 e. The Labute approximate surface area is 99.5 Å². The van der Waals surface area contributed by atoms with Gasteiger partial charge >= 0.3 is 0 Å². The third-order valence-electron chi connectivity index (χ3n) is 2.35. The summed E-state index contributed by atoms with van der Waals surface area (Å²) in [6.45, 7) is 0. The van der Waals surface area contributed by atoms with Crippen molar-refractivity contribution in [1.82, 2.24) is 4.57 Å². The molecular formula is C14H9N3. The normalized spacial score (nSPS) is 9.06. The first-order chi connectivity index (χ1) is 8.35. The standard InChI is InChI=1S/C14H9N3/c15-10-12(11-16)9-14-7-4-8-17(14)13-5-2-1-3-6-13/h1-9H. The van der Waals surface area contributed by atoms with Gasteiger partial charge in [-0.2, -0.15) is 10.5 Å². The van der Waals surface area contributed by atoms with Crippen LogP contribution in [0, 0.1) is 22.7 Å². The number of rotatable bonds is 2. The summed E-state index contributed by atoms with van der Waals surface area (Å²) in [5.74, 6) is 0. The topological polar surface area (TPSA) is 52.5 Å². The molecule has 0 atom stereocenters. The zero-order chi connectivity index (χ0) is 12.1. The molecule has 0 fully saturated rings. The maximum Gasteiger partial charge on any atom is 0.131 e. The van der Waals surface area contributed by atoms with E-state index in [1.54, 1.807) is 6.08 Å². The van der Waals surface area contributed by atoms with Crippen LogP contribution in [0.2, 0.25) is 0 Å². The van der Waals surface area contributed by atoms with Gasteiger partial charge in [-0.05, 0) is 30.3 Å². The maximum absolute atomic E-state index is 8.74. The molecule has 0 bridgehead atoms. The summed E-state index contributed by atoms with van der Waals surface area (Å²) in [4.78, 5) is 0. The Morgan fingerprint density at radius 1 is 1.00 bits per heavy atom. The minimum absolute atomic E-state index is 0.0980. The second-order valence-electron chi connectivity index (χ2n) is 3.42. The van der Waals surface area contributed by atoms with Crippen molar-refractivity contribution in [3.8, 4) is 17.8 Å². The number of hydrogen-bond donors (Lipinski definition) is 0. The van der Waals surface area contributed by atoms with Crippen LogP contribution in [0.1, 0.15) is 5.69 Å². The predicted molar refractivity (Wildman–Crippen MR) is 65.0 cm³/mol. The molecule has 0 aliphatic carbocycles. The second kappa shape index (κ2) is 4.83. The lowest BCUT2D eigenvalue weighted by Gasteiger charge is -2.05. The van der Waals surface area contributed by atoms with Crippen LogP contribution in [0.5, 0.6) is 0 Å². The Bertz CT molecular complexity index is 605. The average Bonchev–Trinajstić information content (AvgIpc) is 2.85. The zero-order valence-electron chi connectivity index (χ0n) is 9.04.